The van der Waals surface area contributed by atoms with E-state index in [4.69, 9.17) is 14.4 Å². The predicted molar refractivity (Wildman–Crippen MR) is 36.6 cm³/mol. The van der Waals surface area contributed by atoms with Crippen LogP contribution in [0, 0.1) is 0 Å². The first-order valence-electron chi connectivity index (χ1n) is 1.46. The van der Waals surface area contributed by atoms with Crippen LogP contribution in [-0.2, 0) is 40.9 Å². The van der Waals surface area contributed by atoms with Gasteiger partial charge in [0.1, 0.15) is 0 Å². The third-order valence-electron chi connectivity index (χ3n) is 0. The second-order valence-electron chi connectivity index (χ2n) is 0.894. The Morgan fingerprint density at radius 1 is 1.10 bits per heavy atom. The Hall–Kier alpha value is 1.42. The van der Waals surface area contributed by atoms with E-state index in [-0.39, 0.29) is 0 Å². The molecule has 10 heavy (non-hydrogen) atoms. The maximum Gasteiger partial charge on any atom is -0.160 e. The average molecular weight is 238 g/mol. The third kappa shape index (κ3) is 331. The van der Waals surface area contributed by atoms with Crippen molar-refractivity contribution in [2.75, 3.05) is 0 Å². The van der Waals surface area contributed by atoms with Gasteiger partial charge in [-0.25, -0.2) is 6.80 Å². The van der Waals surface area contributed by atoms with Crippen molar-refractivity contribution in [1.82, 2.24) is 0 Å². The van der Waals surface area contributed by atoms with E-state index in [0.29, 0.717) is 0 Å². The molecule has 0 bridgehead atoms. The smallest absolute Gasteiger partial charge is 0.160 e. The van der Waals surface area contributed by atoms with Crippen LogP contribution < -0.4 is 19.6 Å². The molecule has 0 saturated carbocycles. The number of rotatable bonds is 0. The lowest BCUT2D eigenvalue weighted by molar-refractivity contribution is -0.302. The standard InChI is InChI=1S/H3O3PS.H3O2PS2/c1-4(2,3)5;1-3(2,4)5/h(H3,1,2,3,5);(H3,1,2,4,5)/p-6. The zero-order chi connectivity index (χ0) is 9.00. The van der Waals surface area contributed by atoms with Gasteiger partial charge in [0.05, 0.1) is 0 Å². The minimum Gasteiger partial charge on any atom is -0.850 e. The molecular weight excluding hydrogens is 238 g/mol. The summed E-state index contributed by atoms with van der Waals surface area (Å²) in [7, 11) is 0. The first-order chi connectivity index (χ1) is 4.00. The highest BCUT2D eigenvalue weighted by Gasteiger charge is 1.42. The predicted octanol–water partition coefficient (Wildman–Crippen LogP) is -3.16. The lowest BCUT2D eigenvalue weighted by Gasteiger charge is -2.44. The van der Waals surface area contributed by atoms with Gasteiger partial charge >= 0.3 is 0 Å². The molecule has 0 N–H and O–H groups in total. The van der Waals surface area contributed by atoms with E-state index in [1.807, 2.05) is 0 Å². The molecular formula is O5P2S3-6. The summed E-state index contributed by atoms with van der Waals surface area (Å²) < 4.78 is 8.92. The Kier molecular flexibility index (Phi) is 7.17. The molecule has 0 aliphatic rings. The van der Waals surface area contributed by atoms with Gasteiger partial charge in [0.2, 0.25) is 0 Å². The summed E-state index contributed by atoms with van der Waals surface area (Å²) in [4.78, 5) is 36.4. The lowest BCUT2D eigenvalue weighted by Crippen LogP contribution is -2.09. The first kappa shape index (κ1) is 14.0. The minimum atomic E-state index is -4.56. The molecule has 0 radical (unpaired) electrons. The van der Waals surface area contributed by atoms with Crippen LogP contribution in [0.4, 0.5) is 0 Å². The van der Waals surface area contributed by atoms with Gasteiger partial charge in [-0.05, 0) is 0 Å². The van der Waals surface area contributed by atoms with Crippen molar-refractivity contribution in [1.29, 1.82) is 0 Å². The maximum absolute atomic E-state index is 9.29. The molecule has 0 aromatic rings. The molecule has 0 aliphatic heterocycles. The van der Waals surface area contributed by atoms with Gasteiger partial charge in [0.15, 0.2) is 0 Å². The molecule has 0 saturated heterocycles. The molecule has 64 valence electrons. The van der Waals surface area contributed by atoms with Crippen LogP contribution in [0.1, 0.15) is 0 Å². The Morgan fingerprint density at radius 2 is 1.10 bits per heavy atom. The number of hydrogen-bond donors (Lipinski definition) is 0. The highest BCUT2D eigenvalue weighted by atomic mass is 32.9. The zero-order valence-electron chi connectivity index (χ0n) is 4.16. The third-order valence-corrected chi connectivity index (χ3v) is 0. The van der Waals surface area contributed by atoms with Crippen molar-refractivity contribution in [3.8, 4) is 0 Å². The molecule has 0 heterocycles. The number of hydrogen-bond acceptors (Lipinski definition) is 8. The molecule has 0 spiro atoms. The minimum absolute atomic E-state index is 3.27. The summed E-state index contributed by atoms with van der Waals surface area (Å²) in [6, 6.07) is 0. The Labute approximate surface area is 73.1 Å². The van der Waals surface area contributed by atoms with Crippen LogP contribution >= 0.6 is 12.5 Å². The summed E-state index contributed by atoms with van der Waals surface area (Å²) in [5, 5.41) is 0. The molecule has 0 fully saturated rings. The summed E-state index contributed by atoms with van der Waals surface area (Å²) >= 11 is 10.6. The van der Waals surface area contributed by atoms with Gasteiger partial charge in [-0.3, -0.25) is 0 Å². The normalized spacial score (nSPS) is 11.8. The van der Waals surface area contributed by atoms with Gasteiger partial charge in [-0.15, -0.1) is 0 Å². The van der Waals surface area contributed by atoms with Gasteiger partial charge < -0.3 is 54.3 Å². The molecule has 0 rings (SSSR count). The highest BCUT2D eigenvalue weighted by Crippen LogP contribution is 2.16. The zero-order valence-corrected chi connectivity index (χ0v) is 8.40. The summed E-state index contributed by atoms with van der Waals surface area (Å²) in [6.45, 7) is -4.56. The van der Waals surface area contributed by atoms with Crippen LogP contribution in [0.2, 0.25) is 0 Å². The van der Waals surface area contributed by atoms with E-state index in [0.717, 1.165) is 0 Å². The molecule has 0 aromatic carbocycles. The molecule has 0 unspecified atom stereocenters. The van der Waals surface area contributed by atoms with Crippen LogP contribution in [0.5, 0.6) is 0 Å². The summed E-state index contributed by atoms with van der Waals surface area (Å²) in [6.07, 6.45) is 0. The Balaban J connectivity index is 0. The summed E-state index contributed by atoms with van der Waals surface area (Å²) in [5.41, 5.74) is -3.72. The highest BCUT2D eigenvalue weighted by molar-refractivity contribution is 8.49. The van der Waals surface area contributed by atoms with Crippen molar-refractivity contribution in [2.45, 2.75) is 0 Å². The van der Waals surface area contributed by atoms with Gasteiger partial charge in [-0.2, -0.15) is 11.8 Å². The molecule has 0 aromatic heterocycles. The van der Waals surface area contributed by atoms with Crippen LogP contribution in [0.15, 0.2) is 0 Å². The second kappa shape index (κ2) is 5.13. The Morgan fingerprint density at radius 3 is 1.10 bits per heavy atom. The summed E-state index contributed by atoms with van der Waals surface area (Å²) in [5.74, 6) is 0. The van der Waals surface area contributed by atoms with Crippen LogP contribution in [-0.4, -0.2) is 0 Å². The molecule has 5 nitrogen and oxygen atoms in total. The molecule has 0 atom stereocenters. The fourth-order valence-corrected chi connectivity index (χ4v) is 0. The largest absolute Gasteiger partial charge is 0.850 e. The SMILES string of the molecule is O=P([O-])([O-])[S-].[O-]P([O-])(=S)[S-]. The molecule has 0 aliphatic carbocycles. The van der Waals surface area contributed by atoms with Gasteiger partial charge in [-0.1, -0.05) is 0 Å². The van der Waals surface area contributed by atoms with Crippen molar-refractivity contribution in [3.05, 3.63) is 0 Å². The van der Waals surface area contributed by atoms with E-state index < -0.39 is 12.5 Å². The van der Waals surface area contributed by atoms with Gasteiger partial charge in [0, 0.05) is 0 Å². The van der Waals surface area contributed by atoms with E-state index in [9.17, 15) is 9.79 Å². The van der Waals surface area contributed by atoms with Crippen LogP contribution in [0.3, 0.4) is 0 Å². The lowest BCUT2D eigenvalue weighted by atomic mass is 15.8. The average Bonchev–Trinajstić information content (AvgIpc) is 1.12. The fraction of sp³-hybridized carbons (Fsp3) is 0. The Bertz CT molecular complexity index is 127. The van der Waals surface area contributed by atoms with Gasteiger partial charge in [0.25, 0.3) is 0 Å². The first-order valence-corrected chi connectivity index (χ1v) is 7.67. The quantitative estimate of drug-likeness (QED) is 0.321. The second-order valence-corrected chi connectivity index (χ2v) is 7.60. The van der Waals surface area contributed by atoms with Crippen LogP contribution in [0.25, 0.3) is 0 Å². The van der Waals surface area contributed by atoms with Crippen molar-refractivity contribution in [3.63, 3.8) is 0 Å². The molecule has 0 amide bonds. The monoisotopic (exact) mass is 238 g/mol. The topological polar surface area (TPSA) is 109 Å². The van der Waals surface area contributed by atoms with Crippen molar-refractivity contribution >= 4 is 48.8 Å². The van der Waals surface area contributed by atoms with Crippen molar-refractivity contribution < 1.29 is 24.1 Å². The van der Waals surface area contributed by atoms with E-state index >= 15 is 0 Å². The molecule has 10 heteroatoms. The maximum atomic E-state index is 9.29. The van der Waals surface area contributed by atoms with E-state index in [1.165, 1.54) is 0 Å². The van der Waals surface area contributed by atoms with E-state index in [2.05, 4.69) is 36.3 Å². The fourth-order valence-electron chi connectivity index (χ4n) is 0. The van der Waals surface area contributed by atoms with E-state index in [1.54, 1.807) is 0 Å². The van der Waals surface area contributed by atoms with Crippen molar-refractivity contribution in [2.24, 2.45) is 0 Å².